The van der Waals surface area contributed by atoms with Crippen LogP contribution in [0.4, 0.5) is 5.69 Å². The molecule has 0 fully saturated rings. The average molecular weight is 306 g/mol. The lowest BCUT2D eigenvalue weighted by molar-refractivity contribution is 0.727. The number of hydrogen-bond donors (Lipinski definition) is 1. The second-order valence-electron chi connectivity index (χ2n) is 5.39. The standard InChI is InChI=1S/C18H18N4O/c1-14-8-17(21-12-15-4-2-6-19-10-15)9-18(23)22(14)13-16-5-3-7-20-11-16/h2-11,21H,12-13H2,1H3. The lowest BCUT2D eigenvalue weighted by Gasteiger charge is -2.13. The Bertz CT molecular complexity index is 829. The summed E-state index contributed by atoms with van der Waals surface area (Å²) in [5.41, 5.74) is 3.79. The molecule has 0 aromatic carbocycles. The molecule has 23 heavy (non-hydrogen) atoms. The van der Waals surface area contributed by atoms with Crippen molar-refractivity contribution in [3.8, 4) is 0 Å². The van der Waals surface area contributed by atoms with E-state index in [1.165, 1.54) is 0 Å². The van der Waals surface area contributed by atoms with Crippen LogP contribution in [0, 0.1) is 6.92 Å². The van der Waals surface area contributed by atoms with Gasteiger partial charge in [-0.15, -0.1) is 0 Å². The van der Waals surface area contributed by atoms with Crippen molar-refractivity contribution in [3.63, 3.8) is 0 Å². The molecule has 3 aromatic heterocycles. The molecule has 0 atom stereocenters. The van der Waals surface area contributed by atoms with E-state index in [1.54, 1.807) is 29.2 Å². The van der Waals surface area contributed by atoms with Gasteiger partial charge in [0.25, 0.3) is 5.56 Å². The summed E-state index contributed by atoms with van der Waals surface area (Å²) in [5.74, 6) is 0. The number of pyridine rings is 3. The van der Waals surface area contributed by atoms with Gasteiger partial charge in [-0.3, -0.25) is 14.8 Å². The summed E-state index contributed by atoms with van der Waals surface area (Å²) in [7, 11) is 0. The highest BCUT2D eigenvalue weighted by molar-refractivity contribution is 5.44. The Labute approximate surface area is 134 Å². The van der Waals surface area contributed by atoms with Gasteiger partial charge in [-0.1, -0.05) is 12.1 Å². The predicted octanol–water partition coefficient (Wildman–Crippen LogP) is 2.61. The van der Waals surface area contributed by atoms with E-state index in [2.05, 4.69) is 15.3 Å². The third-order valence-electron chi connectivity index (χ3n) is 3.62. The van der Waals surface area contributed by atoms with Crippen LogP contribution in [-0.4, -0.2) is 14.5 Å². The molecule has 3 heterocycles. The first kappa shape index (κ1) is 15.0. The van der Waals surface area contributed by atoms with Gasteiger partial charge in [-0.05, 0) is 36.2 Å². The minimum atomic E-state index is -0.0254. The predicted molar refractivity (Wildman–Crippen MR) is 90.3 cm³/mol. The van der Waals surface area contributed by atoms with Gasteiger partial charge in [0.1, 0.15) is 0 Å². The molecule has 0 saturated carbocycles. The number of aryl methyl sites for hydroxylation is 1. The second kappa shape index (κ2) is 6.87. The molecule has 0 saturated heterocycles. The monoisotopic (exact) mass is 306 g/mol. The Balaban J connectivity index is 1.76. The zero-order chi connectivity index (χ0) is 16.1. The van der Waals surface area contributed by atoms with Crippen LogP contribution in [0.15, 0.2) is 66.0 Å². The average Bonchev–Trinajstić information content (AvgIpc) is 2.58. The van der Waals surface area contributed by atoms with Gasteiger partial charge in [0.05, 0.1) is 6.54 Å². The van der Waals surface area contributed by atoms with Crippen LogP contribution in [-0.2, 0) is 13.1 Å². The highest BCUT2D eigenvalue weighted by Crippen LogP contribution is 2.10. The number of hydrogen-bond acceptors (Lipinski definition) is 4. The third kappa shape index (κ3) is 3.83. The van der Waals surface area contributed by atoms with E-state index in [0.717, 1.165) is 22.5 Å². The molecule has 0 aliphatic rings. The van der Waals surface area contributed by atoms with Crippen molar-refractivity contribution in [1.29, 1.82) is 0 Å². The van der Waals surface area contributed by atoms with E-state index in [9.17, 15) is 4.79 Å². The summed E-state index contributed by atoms with van der Waals surface area (Å²) in [6.07, 6.45) is 7.06. The second-order valence-corrected chi connectivity index (χ2v) is 5.39. The molecule has 0 amide bonds. The Morgan fingerprint density at radius 1 is 1.04 bits per heavy atom. The van der Waals surface area contributed by atoms with Gasteiger partial charge in [-0.25, -0.2) is 0 Å². The summed E-state index contributed by atoms with van der Waals surface area (Å²) in [4.78, 5) is 20.5. The fourth-order valence-corrected chi connectivity index (χ4v) is 2.42. The number of rotatable bonds is 5. The molecule has 0 aliphatic carbocycles. The van der Waals surface area contributed by atoms with E-state index in [4.69, 9.17) is 0 Å². The van der Waals surface area contributed by atoms with Crippen LogP contribution in [0.25, 0.3) is 0 Å². The first-order chi connectivity index (χ1) is 11.2. The topological polar surface area (TPSA) is 59.8 Å². The number of aromatic nitrogens is 3. The summed E-state index contributed by atoms with van der Waals surface area (Å²) in [5, 5.41) is 3.27. The Morgan fingerprint density at radius 3 is 2.35 bits per heavy atom. The van der Waals surface area contributed by atoms with Gasteiger partial charge >= 0.3 is 0 Å². The molecule has 3 aromatic rings. The fourth-order valence-electron chi connectivity index (χ4n) is 2.42. The van der Waals surface area contributed by atoms with Crippen LogP contribution in [0.1, 0.15) is 16.8 Å². The zero-order valence-electron chi connectivity index (χ0n) is 12.9. The maximum atomic E-state index is 12.4. The molecular weight excluding hydrogens is 288 g/mol. The van der Waals surface area contributed by atoms with Crippen molar-refractivity contribution in [2.45, 2.75) is 20.0 Å². The highest BCUT2D eigenvalue weighted by Gasteiger charge is 2.05. The van der Waals surface area contributed by atoms with Crippen molar-refractivity contribution in [2.75, 3.05) is 5.32 Å². The maximum absolute atomic E-state index is 12.4. The Hall–Kier alpha value is -2.95. The molecule has 0 spiro atoms. The molecule has 3 rings (SSSR count). The summed E-state index contributed by atoms with van der Waals surface area (Å²) < 4.78 is 1.74. The molecule has 0 radical (unpaired) electrons. The number of nitrogens with one attached hydrogen (secondary N) is 1. The van der Waals surface area contributed by atoms with E-state index < -0.39 is 0 Å². The van der Waals surface area contributed by atoms with Gasteiger partial charge in [0.2, 0.25) is 0 Å². The van der Waals surface area contributed by atoms with Gasteiger partial charge in [-0.2, -0.15) is 0 Å². The first-order valence-electron chi connectivity index (χ1n) is 7.45. The van der Waals surface area contributed by atoms with Crippen LogP contribution >= 0.6 is 0 Å². The van der Waals surface area contributed by atoms with Crippen molar-refractivity contribution < 1.29 is 0 Å². The summed E-state index contributed by atoms with van der Waals surface area (Å²) in [6, 6.07) is 11.3. The van der Waals surface area contributed by atoms with Crippen LogP contribution in [0.3, 0.4) is 0 Å². The first-order valence-corrected chi connectivity index (χ1v) is 7.45. The van der Waals surface area contributed by atoms with Crippen LogP contribution < -0.4 is 10.9 Å². The number of anilines is 1. The SMILES string of the molecule is Cc1cc(NCc2cccnc2)cc(=O)n1Cc1cccnc1. The molecule has 5 heteroatoms. The zero-order valence-corrected chi connectivity index (χ0v) is 12.9. The summed E-state index contributed by atoms with van der Waals surface area (Å²) in [6.45, 7) is 3.10. The lowest BCUT2D eigenvalue weighted by Crippen LogP contribution is -2.22. The lowest BCUT2D eigenvalue weighted by atomic mass is 10.2. The van der Waals surface area contributed by atoms with Crippen molar-refractivity contribution in [3.05, 3.63) is 88.4 Å². The summed E-state index contributed by atoms with van der Waals surface area (Å²) >= 11 is 0. The molecular formula is C18H18N4O. The van der Waals surface area contributed by atoms with Gasteiger partial charge in [0.15, 0.2) is 0 Å². The van der Waals surface area contributed by atoms with E-state index in [1.807, 2.05) is 43.5 Å². The highest BCUT2D eigenvalue weighted by atomic mass is 16.1. The van der Waals surface area contributed by atoms with E-state index in [-0.39, 0.29) is 5.56 Å². The smallest absolute Gasteiger partial charge is 0.253 e. The molecule has 1 N–H and O–H groups in total. The Kier molecular flexibility index (Phi) is 4.47. The van der Waals surface area contributed by atoms with Crippen LogP contribution in [0.5, 0.6) is 0 Å². The third-order valence-corrected chi connectivity index (χ3v) is 3.62. The van der Waals surface area contributed by atoms with Crippen molar-refractivity contribution in [2.24, 2.45) is 0 Å². The van der Waals surface area contributed by atoms with E-state index >= 15 is 0 Å². The van der Waals surface area contributed by atoms with Gasteiger partial charge < -0.3 is 9.88 Å². The van der Waals surface area contributed by atoms with Crippen molar-refractivity contribution >= 4 is 5.69 Å². The quantitative estimate of drug-likeness (QED) is 0.787. The molecule has 0 unspecified atom stereocenters. The van der Waals surface area contributed by atoms with E-state index in [0.29, 0.717) is 13.1 Å². The fraction of sp³-hybridized carbons (Fsp3) is 0.167. The molecule has 116 valence electrons. The molecule has 0 aliphatic heterocycles. The maximum Gasteiger partial charge on any atom is 0.253 e. The Morgan fingerprint density at radius 2 is 1.74 bits per heavy atom. The van der Waals surface area contributed by atoms with Gasteiger partial charge in [0, 0.05) is 48.8 Å². The largest absolute Gasteiger partial charge is 0.381 e. The molecule has 5 nitrogen and oxygen atoms in total. The van der Waals surface area contributed by atoms with Crippen molar-refractivity contribution in [1.82, 2.24) is 14.5 Å². The molecule has 0 bridgehead atoms. The minimum Gasteiger partial charge on any atom is -0.381 e. The minimum absolute atomic E-state index is 0.0254. The van der Waals surface area contributed by atoms with Crippen LogP contribution in [0.2, 0.25) is 0 Å². The normalized spacial score (nSPS) is 10.5. The number of nitrogens with zero attached hydrogens (tertiary/aromatic N) is 3.